The molecule has 1 unspecified atom stereocenters. The largest absolute Gasteiger partial charge is 0.544 e. The summed E-state index contributed by atoms with van der Waals surface area (Å²) < 4.78 is 47.6. The zero-order valence-electron chi connectivity index (χ0n) is 8.47. The average Bonchev–Trinajstić information content (AvgIpc) is 1.95. The van der Waals surface area contributed by atoms with E-state index in [1.165, 1.54) is 14.1 Å². The van der Waals surface area contributed by atoms with Gasteiger partial charge in [0.1, 0.15) is 6.54 Å². The van der Waals surface area contributed by atoms with Gasteiger partial charge in [-0.15, -0.1) is 0 Å². The van der Waals surface area contributed by atoms with Crippen molar-refractivity contribution in [3.05, 3.63) is 0 Å². The molecular weight excluding hydrogens is 218 g/mol. The van der Waals surface area contributed by atoms with Crippen molar-refractivity contribution >= 4 is 5.97 Å². The first-order valence-corrected chi connectivity index (χ1v) is 4.27. The Balaban J connectivity index is 4.09. The number of quaternary nitrogens is 1. The molecule has 0 saturated heterocycles. The van der Waals surface area contributed by atoms with Gasteiger partial charge in [0.2, 0.25) is 6.17 Å². The van der Waals surface area contributed by atoms with Crippen molar-refractivity contribution in [3.8, 4) is 0 Å². The second kappa shape index (κ2) is 4.78. The number of nitrogens with zero attached hydrogens (tertiary/aromatic N) is 1. The van der Waals surface area contributed by atoms with Gasteiger partial charge in [0.15, 0.2) is 0 Å². The first kappa shape index (κ1) is 14.2. The van der Waals surface area contributed by atoms with Gasteiger partial charge < -0.3 is 14.4 Å². The minimum absolute atomic E-state index is 0.214. The highest BCUT2D eigenvalue weighted by molar-refractivity contribution is 5.65. The highest BCUT2D eigenvalue weighted by Gasteiger charge is 2.40. The smallest absolute Gasteiger partial charge is 0.419 e. The molecule has 0 radical (unpaired) electrons. The van der Waals surface area contributed by atoms with Crippen LogP contribution in [0.4, 0.5) is 17.6 Å². The lowest BCUT2D eigenvalue weighted by molar-refractivity contribution is -0.885. The predicted octanol–water partition coefficient (Wildman–Crippen LogP) is 0.103. The fourth-order valence-electron chi connectivity index (χ4n) is 1.06. The molecule has 0 aromatic rings. The molecule has 0 spiro atoms. The van der Waals surface area contributed by atoms with Crippen LogP contribution in [-0.2, 0) is 4.79 Å². The zero-order valence-corrected chi connectivity index (χ0v) is 8.47. The Morgan fingerprint density at radius 2 is 1.87 bits per heavy atom. The Morgan fingerprint density at radius 3 is 2.20 bits per heavy atom. The van der Waals surface area contributed by atoms with E-state index in [9.17, 15) is 27.5 Å². The average molecular weight is 231 g/mol. The standard InChI is InChI=1S/C8H13F4NO2/c1-13(2,5-7(14)15)4-3-6(9)8(10,11)12/h6H,3-5H2,1-2H3. The van der Waals surface area contributed by atoms with E-state index in [0.29, 0.717) is 0 Å². The molecule has 3 nitrogen and oxygen atoms in total. The molecule has 0 aromatic carbocycles. The number of halogens is 4. The molecule has 0 aliphatic heterocycles. The maximum Gasteiger partial charge on any atom is 0.419 e. The third-order valence-corrected chi connectivity index (χ3v) is 1.90. The fraction of sp³-hybridized carbons (Fsp3) is 0.875. The van der Waals surface area contributed by atoms with Crippen molar-refractivity contribution in [3.63, 3.8) is 0 Å². The Labute approximate surface area is 84.9 Å². The predicted molar refractivity (Wildman–Crippen MR) is 42.4 cm³/mol. The van der Waals surface area contributed by atoms with Crippen LogP contribution in [0.2, 0.25) is 0 Å². The number of likely N-dealkylation sites (N-methyl/N-ethyl adjacent to an activating group) is 1. The SMILES string of the molecule is C[N+](C)(CCC(F)C(F)(F)F)CC(=O)[O-]. The summed E-state index contributed by atoms with van der Waals surface area (Å²) in [6, 6.07) is 0. The molecule has 0 rings (SSSR count). The van der Waals surface area contributed by atoms with Gasteiger partial charge in [-0.2, -0.15) is 13.2 Å². The minimum atomic E-state index is -4.87. The minimum Gasteiger partial charge on any atom is -0.544 e. The van der Waals surface area contributed by atoms with E-state index in [1.54, 1.807) is 0 Å². The summed E-state index contributed by atoms with van der Waals surface area (Å²) in [6.45, 7) is -0.654. The number of carbonyl (C=O) groups is 1. The van der Waals surface area contributed by atoms with Crippen LogP contribution in [0, 0.1) is 0 Å². The molecule has 0 bridgehead atoms. The summed E-state index contributed by atoms with van der Waals surface area (Å²) in [7, 11) is 2.80. The third-order valence-electron chi connectivity index (χ3n) is 1.90. The second-order valence-corrected chi connectivity index (χ2v) is 3.99. The van der Waals surface area contributed by atoms with E-state index in [-0.39, 0.29) is 11.0 Å². The van der Waals surface area contributed by atoms with Gasteiger partial charge in [0.05, 0.1) is 26.6 Å². The Hall–Kier alpha value is -0.850. The van der Waals surface area contributed by atoms with Crippen LogP contribution in [-0.4, -0.2) is 50.0 Å². The molecule has 0 aromatic heterocycles. The molecule has 0 amide bonds. The number of hydrogen-bond acceptors (Lipinski definition) is 2. The van der Waals surface area contributed by atoms with Gasteiger partial charge in [-0.1, -0.05) is 0 Å². The molecule has 0 N–H and O–H groups in total. The summed E-state index contributed by atoms with van der Waals surface area (Å²) in [6.07, 6.45) is -8.53. The lowest BCUT2D eigenvalue weighted by Gasteiger charge is -2.30. The van der Waals surface area contributed by atoms with E-state index >= 15 is 0 Å². The summed E-state index contributed by atoms with van der Waals surface area (Å²) in [5.74, 6) is -1.37. The van der Waals surface area contributed by atoms with Crippen LogP contribution in [0.15, 0.2) is 0 Å². The summed E-state index contributed by atoms with van der Waals surface area (Å²) in [5.41, 5.74) is 0. The van der Waals surface area contributed by atoms with Crippen molar-refractivity contribution in [1.82, 2.24) is 0 Å². The molecule has 90 valence electrons. The lowest BCUT2D eigenvalue weighted by atomic mass is 10.2. The van der Waals surface area contributed by atoms with Gasteiger partial charge in [-0.25, -0.2) is 4.39 Å². The third kappa shape index (κ3) is 6.27. The Bertz CT molecular complexity index is 227. The number of aliphatic carboxylic acids is 1. The number of carboxylic acid groups (broad SMARTS) is 1. The summed E-state index contributed by atoms with van der Waals surface area (Å²) >= 11 is 0. The van der Waals surface area contributed by atoms with E-state index in [0.717, 1.165) is 0 Å². The van der Waals surface area contributed by atoms with Crippen LogP contribution in [0.3, 0.4) is 0 Å². The van der Waals surface area contributed by atoms with Gasteiger partial charge in [0.25, 0.3) is 0 Å². The second-order valence-electron chi connectivity index (χ2n) is 3.99. The highest BCUT2D eigenvalue weighted by Crippen LogP contribution is 2.25. The van der Waals surface area contributed by atoms with Gasteiger partial charge in [-0.3, -0.25) is 0 Å². The molecular formula is C8H13F4NO2. The molecule has 0 saturated carbocycles. The first-order valence-electron chi connectivity index (χ1n) is 4.27. The van der Waals surface area contributed by atoms with E-state index in [2.05, 4.69) is 0 Å². The van der Waals surface area contributed by atoms with Crippen LogP contribution >= 0.6 is 0 Å². The van der Waals surface area contributed by atoms with Crippen molar-refractivity contribution in [2.75, 3.05) is 27.2 Å². The molecule has 7 heteroatoms. The van der Waals surface area contributed by atoms with Crippen LogP contribution in [0.1, 0.15) is 6.42 Å². The van der Waals surface area contributed by atoms with Crippen LogP contribution in [0.5, 0.6) is 0 Å². The van der Waals surface area contributed by atoms with E-state index in [4.69, 9.17) is 0 Å². The van der Waals surface area contributed by atoms with Crippen LogP contribution < -0.4 is 5.11 Å². The van der Waals surface area contributed by atoms with Crippen molar-refractivity contribution in [2.45, 2.75) is 18.8 Å². The normalized spacial score (nSPS) is 15.1. The number of alkyl halides is 4. The van der Waals surface area contributed by atoms with Gasteiger partial charge in [-0.05, 0) is 0 Å². The molecule has 0 fully saturated rings. The highest BCUT2D eigenvalue weighted by atomic mass is 19.4. The number of hydrogen-bond donors (Lipinski definition) is 0. The number of rotatable bonds is 5. The van der Waals surface area contributed by atoms with E-state index in [1.807, 2.05) is 0 Å². The molecule has 15 heavy (non-hydrogen) atoms. The monoisotopic (exact) mass is 231 g/mol. The number of carboxylic acids is 1. The van der Waals surface area contributed by atoms with Crippen molar-refractivity contribution in [2.24, 2.45) is 0 Å². The topological polar surface area (TPSA) is 40.1 Å². The lowest BCUT2D eigenvalue weighted by Crippen LogP contribution is -2.49. The maximum absolute atomic E-state index is 12.5. The molecule has 0 aliphatic rings. The van der Waals surface area contributed by atoms with Gasteiger partial charge in [0, 0.05) is 6.42 Å². The maximum atomic E-state index is 12.5. The molecule has 0 aliphatic carbocycles. The Kier molecular flexibility index (Phi) is 4.51. The molecule has 0 heterocycles. The molecule has 1 atom stereocenters. The van der Waals surface area contributed by atoms with Crippen LogP contribution in [0.25, 0.3) is 0 Å². The van der Waals surface area contributed by atoms with E-state index < -0.39 is 31.3 Å². The van der Waals surface area contributed by atoms with Crippen molar-refractivity contribution < 1.29 is 31.9 Å². The Morgan fingerprint density at radius 1 is 1.40 bits per heavy atom. The quantitative estimate of drug-likeness (QED) is 0.497. The number of carbonyl (C=O) groups excluding carboxylic acids is 1. The summed E-state index contributed by atoms with van der Waals surface area (Å²) in [4.78, 5) is 10.2. The fourth-order valence-corrected chi connectivity index (χ4v) is 1.06. The van der Waals surface area contributed by atoms with Gasteiger partial charge >= 0.3 is 6.18 Å². The summed E-state index contributed by atoms with van der Waals surface area (Å²) in [5, 5.41) is 10.2. The van der Waals surface area contributed by atoms with Crippen molar-refractivity contribution in [1.29, 1.82) is 0 Å². The first-order chi connectivity index (χ1) is 6.54. The zero-order chi connectivity index (χ0) is 12.3.